The quantitative estimate of drug-likeness (QED) is 0.754. The van der Waals surface area contributed by atoms with Crippen LogP contribution in [0.1, 0.15) is 38.2 Å². The zero-order valence-electron chi connectivity index (χ0n) is 15.9. The van der Waals surface area contributed by atoms with Gasteiger partial charge in [-0.3, -0.25) is 9.59 Å². The maximum Gasteiger partial charge on any atom is 0.244 e. The minimum atomic E-state index is -3.54. The van der Waals surface area contributed by atoms with Crippen molar-refractivity contribution in [1.29, 1.82) is 0 Å². The van der Waals surface area contributed by atoms with E-state index in [1.54, 1.807) is 13.0 Å². The Kier molecular flexibility index (Phi) is 6.04. The molecule has 1 saturated carbocycles. The lowest BCUT2D eigenvalue weighted by atomic mass is 9.98. The lowest BCUT2D eigenvalue weighted by molar-refractivity contribution is -0.129. The molecule has 1 aliphatic carbocycles. The van der Waals surface area contributed by atoms with Gasteiger partial charge in [0.15, 0.2) is 0 Å². The summed E-state index contributed by atoms with van der Waals surface area (Å²) < 4.78 is 40.2. The molecule has 1 atom stereocenters. The van der Waals surface area contributed by atoms with Crippen molar-refractivity contribution < 1.29 is 22.4 Å². The van der Waals surface area contributed by atoms with Gasteiger partial charge in [-0.25, -0.2) is 12.8 Å². The van der Waals surface area contributed by atoms with Gasteiger partial charge in [0.25, 0.3) is 0 Å². The van der Waals surface area contributed by atoms with Gasteiger partial charge in [-0.05, 0) is 31.4 Å². The zero-order chi connectivity index (χ0) is 20.4. The molecule has 1 aromatic rings. The van der Waals surface area contributed by atoms with Gasteiger partial charge in [0.2, 0.25) is 21.8 Å². The minimum Gasteiger partial charge on any atom is -0.348 e. The van der Waals surface area contributed by atoms with E-state index in [2.05, 4.69) is 10.6 Å². The molecule has 7 nitrogen and oxygen atoms in total. The highest BCUT2D eigenvalue weighted by Crippen LogP contribution is 2.32. The van der Waals surface area contributed by atoms with Gasteiger partial charge in [0.05, 0.1) is 17.7 Å². The smallest absolute Gasteiger partial charge is 0.244 e. The van der Waals surface area contributed by atoms with Crippen LogP contribution in [-0.4, -0.2) is 55.0 Å². The second-order valence-corrected chi connectivity index (χ2v) is 9.82. The Bertz CT molecular complexity index is 852. The van der Waals surface area contributed by atoms with Crippen LogP contribution in [0.4, 0.5) is 4.39 Å². The number of hydrogen-bond acceptors (Lipinski definition) is 4. The number of rotatable bonds is 5. The van der Waals surface area contributed by atoms with Crippen molar-refractivity contribution in [3.8, 4) is 0 Å². The third-order valence-electron chi connectivity index (χ3n) is 5.53. The number of carbonyl (C=O) groups is 2. The maximum atomic E-state index is 13.8. The third kappa shape index (κ3) is 4.52. The lowest BCUT2D eigenvalue weighted by Gasteiger charge is -2.32. The Balaban J connectivity index is 1.78. The molecular formula is C19H26FN3O4S. The Hall–Kier alpha value is -2.00. The highest BCUT2D eigenvalue weighted by Gasteiger charge is 2.44. The van der Waals surface area contributed by atoms with Gasteiger partial charge in [-0.2, -0.15) is 4.31 Å². The third-order valence-corrected chi connectivity index (χ3v) is 7.33. The van der Waals surface area contributed by atoms with E-state index in [0.29, 0.717) is 12.8 Å². The second kappa shape index (κ2) is 8.16. The number of sulfonamides is 1. The van der Waals surface area contributed by atoms with Crippen LogP contribution in [0.2, 0.25) is 0 Å². The van der Waals surface area contributed by atoms with E-state index in [9.17, 15) is 22.4 Å². The Labute approximate surface area is 164 Å². The van der Waals surface area contributed by atoms with Gasteiger partial charge >= 0.3 is 0 Å². The molecule has 2 amide bonds. The van der Waals surface area contributed by atoms with Crippen molar-refractivity contribution in [2.75, 3.05) is 18.8 Å². The van der Waals surface area contributed by atoms with E-state index in [0.717, 1.165) is 12.8 Å². The number of nitrogens with one attached hydrogen (secondary N) is 2. The summed E-state index contributed by atoms with van der Waals surface area (Å²) in [6, 6.07) is 4.91. The average Bonchev–Trinajstić information content (AvgIpc) is 3.04. The lowest BCUT2D eigenvalue weighted by Crippen LogP contribution is -2.54. The van der Waals surface area contributed by atoms with Crippen molar-refractivity contribution in [3.05, 3.63) is 35.6 Å². The van der Waals surface area contributed by atoms with E-state index < -0.39 is 39.2 Å². The molecule has 1 aromatic carbocycles. The summed E-state index contributed by atoms with van der Waals surface area (Å²) in [5.74, 6) is -1.49. The molecule has 1 saturated heterocycles. The predicted molar refractivity (Wildman–Crippen MR) is 102 cm³/mol. The fourth-order valence-electron chi connectivity index (χ4n) is 3.98. The Morgan fingerprint density at radius 1 is 1.32 bits per heavy atom. The molecule has 2 fully saturated rings. The van der Waals surface area contributed by atoms with Gasteiger partial charge in [0.1, 0.15) is 11.9 Å². The fraction of sp³-hybridized carbons (Fsp3) is 0.579. The van der Waals surface area contributed by atoms with Crippen LogP contribution >= 0.6 is 0 Å². The summed E-state index contributed by atoms with van der Waals surface area (Å²) in [5, 5.41) is 5.57. The maximum absolute atomic E-state index is 13.8. The molecule has 0 aromatic heterocycles. The van der Waals surface area contributed by atoms with Crippen LogP contribution in [0.5, 0.6) is 0 Å². The van der Waals surface area contributed by atoms with Gasteiger partial charge in [-0.15, -0.1) is 0 Å². The molecule has 154 valence electrons. The molecule has 2 N–H and O–H groups in total. The number of benzene rings is 1. The van der Waals surface area contributed by atoms with Crippen molar-refractivity contribution in [1.82, 2.24) is 14.9 Å². The summed E-state index contributed by atoms with van der Waals surface area (Å²) in [5.41, 5.74) is -0.357. The molecule has 1 unspecified atom stereocenters. The van der Waals surface area contributed by atoms with Crippen LogP contribution in [0, 0.1) is 5.82 Å². The van der Waals surface area contributed by atoms with Crippen molar-refractivity contribution in [3.63, 3.8) is 0 Å². The molecule has 1 aliphatic heterocycles. The van der Waals surface area contributed by atoms with E-state index in [1.165, 1.54) is 22.5 Å². The predicted octanol–water partition coefficient (Wildman–Crippen LogP) is 0.947. The van der Waals surface area contributed by atoms with E-state index in [4.69, 9.17) is 0 Å². The van der Waals surface area contributed by atoms with E-state index in [1.807, 2.05) is 0 Å². The summed E-state index contributed by atoms with van der Waals surface area (Å²) >= 11 is 0. The molecule has 0 bridgehead atoms. The first-order valence-electron chi connectivity index (χ1n) is 9.57. The number of carbonyl (C=O) groups excluding carboxylic acids is 2. The summed E-state index contributed by atoms with van der Waals surface area (Å²) in [4.78, 5) is 25.2. The van der Waals surface area contributed by atoms with Crippen molar-refractivity contribution >= 4 is 21.8 Å². The molecule has 0 radical (unpaired) electrons. The van der Waals surface area contributed by atoms with Crippen LogP contribution in [0.3, 0.4) is 0 Å². The van der Waals surface area contributed by atoms with Crippen LogP contribution in [-0.2, 0) is 26.0 Å². The summed E-state index contributed by atoms with van der Waals surface area (Å²) in [7, 11) is -3.54. The van der Waals surface area contributed by atoms with Crippen LogP contribution in [0.25, 0.3) is 0 Å². The highest BCUT2D eigenvalue weighted by atomic mass is 32.2. The Morgan fingerprint density at radius 3 is 2.64 bits per heavy atom. The molecule has 9 heteroatoms. The van der Waals surface area contributed by atoms with Crippen LogP contribution < -0.4 is 10.6 Å². The first-order chi connectivity index (χ1) is 13.2. The fourth-order valence-corrected chi connectivity index (χ4v) is 5.16. The summed E-state index contributed by atoms with van der Waals surface area (Å²) in [6.45, 7) is 1.66. The first kappa shape index (κ1) is 20.7. The molecule has 1 heterocycles. The van der Waals surface area contributed by atoms with Gasteiger partial charge in [-0.1, -0.05) is 31.0 Å². The molecule has 3 rings (SSSR count). The number of halogens is 1. The molecule has 28 heavy (non-hydrogen) atoms. The Morgan fingerprint density at radius 2 is 2.00 bits per heavy atom. The zero-order valence-corrected chi connectivity index (χ0v) is 16.7. The van der Waals surface area contributed by atoms with E-state index >= 15 is 0 Å². The van der Waals surface area contributed by atoms with Gasteiger partial charge in [0, 0.05) is 13.1 Å². The monoisotopic (exact) mass is 411 g/mol. The largest absolute Gasteiger partial charge is 0.348 e. The number of nitrogens with zero attached hydrogens (tertiary/aromatic N) is 1. The normalized spacial score (nSPS) is 22.6. The minimum absolute atomic E-state index is 0.0762. The van der Waals surface area contributed by atoms with Crippen molar-refractivity contribution in [2.24, 2.45) is 0 Å². The number of amides is 2. The molecule has 2 aliphatic rings. The second-order valence-electron chi connectivity index (χ2n) is 7.56. The summed E-state index contributed by atoms with van der Waals surface area (Å²) in [6.07, 6.45) is 3.05. The first-order valence-corrected chi connectivity index (χ1v) is 11.2. The van der Waals surface area contributed by atoms with Crippen LogP contribution in [0.15, 0.2) is 24.3 Å². The molecule has 1 spiro atoms. The average molecular weight is 411 g/mol. The molecular weight excluding hydrogens is 385 g/mol. The topological polar surface area (TPSA) is 95.6 Å². The van der Waals surface area contributed by atoms with Crippen molar-refractivity contribution in [2.45, 2.75) is 50.6 Å². The highest BCUT2D eigenvalue weighted by molar-refractivity contribution is 7.89. The van der Waals surface area contributed by atoms with Gasteiger partial charge < -0.3 is 10.6 Å². The standard InChI is InChI=1S/C19H26FN3O4S/c1-2-28(26,27)23-12-16(18(25)22-19(13-23)9-5-6-10-19)21-17(24)11-14-7-3-4-8-15(14)20/h3-4,7-8,16H,2,5-6,9-13H2,1H3,(H,21,24)(H,22,25). The SMILES string of the molecule is CCS(=O)(=O)N1CC(NC(=O)Cc2ccccc2F)C(=O)NC2(CCCC2)C1. The van der Waals surface area contributed by atoms with E-state index in [-0.39, 0.29) is 30.8 Å². The number of hydrogen-bond donors (Lipinski definition) is 2.